The third-order valence-electron chi connectivity index (χ3n) is 6.42. The maximum atomic E-state index is 14.1. The number of alkyl halides is 3. The van der Waals surface area contributed by atoms with E-state index in [-0.39, 0.29) is 24.6 Å². The van der Waals surface area contributed by atoms with Crippen LogP contribution in [0.1, 0.15) is 30.5 Å². The maximum absolute atomic E-state index is 14.1. The summed E-state index contributed by atoms with van der Waals surface area (Å²) >= 11 is 9.16. The number of carbonyl (C=O) groups excluding carboxylic acids is 2. The third kappa shape index (κ3) is 9.97. The van der Waals surface area contributed by atoms with Gasteiger partial charge in [-0.1, -0.05) is 83.8 Å². The van der Waals surface area contributed by atoms with Crippen LogP contribution < -0.4 is 9.62 Å². The summed E-state index contributed by atoms with van der Waals surface area (Å²) in [5.74, 6) is -1.11. The Morgan fingerprint density at radius 3 is 2.21 bits per heavy atom. The Morgan fingerprint density at radius 1 is 0.977 bits per heavy atom. The van der Waals surface area contributed by atoms with Gasteiger partial charge < -0.3 is 10.2 Å². The zero-order valence-corrected chi connectivity index (χ0v) is 26.9. The summed E-state index contributed by atoms with van der Waals surface area (Å²) in [7, 11) is -4.26. The molecule has 13 heteroatoms. The summed E-state index contributed by atoms with van der Waals surface area (Å²) < 4.78 is 67.9. The minimum atomic E-state index is -4.86. The molecule has 0 aromatic heterocycles. The van der Waals surface area contributed by atoms with Crippen LogP contribution in [0.5, 0.6) is 0 Å². The lowest BCUT2D eigenvalue weighted by atomic mass is 10.0. The molecule has 1 N–H and O–H groups in total. The van der Waals surface area contributed by atoms with E-state index in [2.05, 4.69) is 21.2 Å². The average Bonchev–Trinajstić information content (AvgIpc) is 2.92. The van der Waals surface area contributed by atoms with Gasteiger partial charge in [-0.05, 0) is 47.4 Å². The van der Waals surface area contributed by atoms with Gasteiger partial charge in [-0.3, -0.25) is 13.9 Å². The van der Waals surface area contributed by atoms with E-state index in [0.717, 1.165) is 28.4 Å². The Bertz CT molecular complexity index is 1540. The lowest BCUT2D eigenvalue weighted by Gasteiger charge is -2.33. The first kappa shape index (κ1) is 34.4. The van der Waals surface area contributed by atoms with E-state index in [0.29, 0.717) is 22.5 Å². The van der Waals surface area contributed by atoms with Crippen LogP contribution in [0.4, 0.5) is 18.9 Å². The van der Waals surface area contributed by atoms with E-state index in [9.17, 15) is 31.2 Å². The topological polar surface area (TPSA) is 86.8 Å². The highest BCUT2D eigenvalue weighted by molar-refractivity contribution is 9.10. The summed E-state index contributed by atoms with van der Waals surface area (Å²) in [6.07, 6.45) is -3.96. The van der Waals surface area contributed by atoms with E-state index < -0.39 is 51.2 Å². The van der Waals surface area contributed by atoms with Crippen molar-refractivity contribution < 1.29 is 31.2 Å². The normalized spacial score (nSPS) is 12.6. The highest BCUT2D eigenvalue weighted by Crippen LogP contribution is 2.37. The third-order valence-corrected chi connectivity index (χ3v) is 8.38. The fourth-order valence-electron chi connectivity index (χ4n) is 4.31. The lowest BCUT2D eigenvalue weighted by molar-refractivity contribution is -0.140. The van der Waals surface area contributed by atoms with Crippen molar-refractivity contribution in [2.75, 3.05) is 23.7 Å². The van der Waals surface area contributed by atoms with Crippen molar-refractivity contribution in [2.45, 2.75) is 39.0 Å². The molecule has 1 atom stereocenters. The predicted octanol–water partition coefficient (Wildman–Crippen LogP) is 6.30. The number of rotatable bonds is 12. The van der Waals surface area contributed by atoms with Gasteiger partial charge in [0, 0.05) is 24.0 Å². The largest absolute Gasteiger partial charge is 0.417 e. The second-order valence-corrected chi connectivity index (χ2v) is 13.7. The van der Waals surface area contributed by atoms with Crippen LogP contribution in [-0.4, -0.2) is 50.5 Å². The van der Waals surface area contributed by atoms with Crippen LogP contribution >= 0.6 is 27.5 Å². The van der Waals surface area contributed by atoms with Gasteiger partial charge in [-0.25, -0.2) is 8.42 Å². The molecule has 0 aliphatic rings. The Hall–Kier alpha value is -3.09. The van der Waals surface area contributed by atoms with Crippen LogP contribution in [-0.2, 0) is 38.8 Å². The van der Waals surface area contributed by atoms with Crippen molar-refractivity contribution in [3.63, 3.8) is 0 Å². The van der Waals surface area contributed by atoms with Crippen molar-refractivity contribution in [3.8, 4) is 0 Å². The van der Waals surface area contributed by atoms with Crippen LogP contribution in [0.3, 0.4) is 0 Å². The van der Waals surface area contributed by atoms with Crippen molar-refractivity contribution in [1.82, 2.24) is 10.2 Å². The fraction of sp³-hybridized carbons (Fsp3) is 0.333. The van der Waals surface area contributed by atoms with Gasteiger partial charge in [0.15, 0.2) is 0 Å². The maximum Gasteiger partial charge on any atom is 0.417 e. The predicted molar refractivity (Wildman–Crippen MR) is 165 cm³/mol. The first-order chi connectivity index (χ1) is 20.1. The van der Waals surface area contributed by atoms with Gasteiger partial charge in [-0.15, -0.1) is 0 Å². The molecular formula is C30H32BrClF3N3O4S. The number of nitrogens with zero attached hydrogens (tertiary/aromatic N) is 2. The molecule has 7 nitrogen and oxygen atoms in total. The average molecular weight is 703 g/mol. The van der Waals surface area contributed by atoms with E-state index in [1.165, 1.54) is 4.90 Å². The Balaban J connectivity index is 2.09. The zero-order chi connectivity index (χ0) is 31.9. The smallest absolute Gasteiger partial charge is 0.354 e. The highest BCUT2D eigenvalue weighted by Gasteiger charge is 2.36. The van der Waals surface area contributed by atoms with Gasteiger partial charge in [-0.2, -0.15) is 13.2 Å². The number of sulfonamides is 1. The molecule has 3 rings (SSSR count). The van der Waals surface area contributed by atoms with Crippen molar-refractivity contribution in [3.05, 3.63) is 99.0 Å². The first-order valence-corrected chi connectivity index (χ1v) is 16.3. The van der Waals surface area contributed by atoms with Gasteiger partial charge in [0.25, 0.3) is 0 Å². The molecule has 0 aliphatic carbocycles. The Labute approximate surface area is 263 Å². The summed E-state index contributed by atoms with van der Waals surface area (Å²) in [5, 5.41) is 2.25. The number of halogens is 5. The SMILES string of the molecule is CC(C)CNC(=O)C(Cc1ccccc1)N(Cc1cccc(Br)c1)C(=O)CN(c1ccc(Cl)c(C(F)(F)F)c1)S(C)(=O)=O. The minimum Gasteiger partial charge on any atom is -0.354 e. The van der Waals surface area contributed by atoms with Crippen molar-refractivity contribution >= 4 is 55.1 Å². The number of nitrogens with one attached hydrogen (secondary N) is 1. The Kier molecular flexibility index (Phi) is 11.7. The monoisotopic (exact) mass is 701 g/mol. The summed E-state index contributed by atoms with van der Waals surface area (Å²) in [5.41, 5.74) is -0.228. The molecule has 0 fully saturated rings. The minimum absolute atomic E-state index is 0.0725. The number of benzene rings is 3. The van der Waals surface area contributed by atoms with Crippen LogP contribution in [0.15, 0.2) is 77.3 Å². The summed E-state index contributed by atoms with van der Waals surface area (Å²) in [6.45, 7) is 3.25. The molecule has 232 valence electrons. The molecule has 2 amide bonds. The van der Waals surface area contributed by atoms with Gasteiger partial charge in [0.05, 0.1) is 22.5 Å². The van der Waals surface area contributed by atoms with Crippen molar-refractivity contribution in [1.29, 1.82) is 0 Å². The Morgan fingerprint density at radius 2 is 1.63 bits per heavy atom. The number of amides is 2. The standard InChI is InChI=1S/C30H32BrClF3N3O4S/c1-20(2)17-36-29(40)27(15-21-8-5-4-6-9-21)37(18-22-10-7-11-23(31)14-22)28(39)19-38(43(3,41)42)24-12-13-26(32)25(16-24)30(33,34)35/h4-14,16,20,27H,15,17-19H2,1-3H3,(H,36,40). The number of carbonyl (C=O) groups is 2. The molecule has 0 heterocycles. The molecule has 0 spiro atoms. The van der Waals surface area contributed by atoms with Crippen LogP contribution in [0, 0.1) is 5.92 Å². The van der Waals surface area contributed by atoms with Gasteiger partial charge >= 0.3 is 6.18 Å². The number of hydrogen-bond acceptors (Lipinski definition) is 4. The van der Waals surface area contributed by atoms with E-state index in [1.807, 2.05) is 19.9 Å². The second kappa shape index (κ2) is 14.6. The highest BCUT2D eigenvalue weighted by atomic mass is 79.9. The molecular weight excluding hydrogens is 671 g/mol. The molecule has 3 aromatic carbocycles. The second-order valence-electron chi connectivity index (χ2n) is 10.4. The number of anilines is 1. The quantitative estimate of drug-likeness (QED) is 0.240. The van der Waals surface area contributed by atoms with Crippen molar-refractivity contribution in [2.24, 2.45) is 5.92 Å². The summed E-state index contributed by atoms with van der Waals surface area (Å²) in [4.78, 5) is 28.9. The molecule has 1 unspecified atom stereocenters. The molecule has 0 saturated carbocycles. The molecule has 0 aliphatic heterocycles. The van der Waals surface area contributed by atoms with Crippen LogP contribution in [0.2, 0.25) is 5.02 Å². The van der Waals surface area contributed by atoms with Gasteiger partial charge in [0.2, 0.25) is 21.8 Å². The molecule has 0 bridgehead atoms. The molecule has 0 saturated heterocycles. The zero-order valence-electron chi connectivity index (χ0n) is 23.7. The molecule has 3 aromatic rings. The fourth-order valence-corrected chi connectivity index (χ4v) is 5.82. The summed E-state index contributed by atoms with van der Waals surface area (Å²) in [6, 6.07) is 17.6. The van der Waals surface area contributed by atoms with Crippen LogP contribution in [0.25, 0.3) is 0 Å². The molecule has 0 radical (unpaired) electrons. The van der Waals surface area contributed by atoms with Gasteiger partial charge in [0.1, 0.15) is 12.6 Å². The first-order valence-electron chi connectivity index (χ1n) is 13.3. The molecule has 43 heavy (non-hydrogen) atoms. The number of hydrogen-bond donors (Lipinski definition) is 1. The lowest BCUT2D eigenvalue weighted by Crippen LogP contribution is -2.53. The van der Waals surface area contributed by atoms with E-state index in [4.69, 9.17) is 11.6 Å². The van der Waals surface area contributed by atoms with E-state index >= 15 is 0 Å². The van der Waals surface area contributed by atoms with E-state index in [1.54, 1.807) is 48.5 Å².